The molecule has 1 atom stereocenters. The van der Waals surface area contributed by atoms with Crippen molar-refractivity contribution in [3.8, 4) is 5.75 Å². The summed E-state index contributed by atoms with van der Waals surface area (Å²) in [7, 11) is 1.24. The monoisotopic (exact) mass is 406 g/mol. The van der Waals surface area contributed by atoms with Gasteiger partial charge in [-0.05, 0) is 20.8 Å². The molecule has 1 unspecified atom stereocenters. The maximum atomic E-state index is 13.6. The summed E-state index contributed by atoms with van der Waals surface area (Å²) >= 11 is 0. The van der Waals surface area contributed by atoms with Gasteiger partial charge in [-0.3, -0.25) is 15.0 Å². The summed E-state index contributed by atoms with van der Waals surface area (Å²) < 4.78 is 51.0. The van der Waals surface area contributed by atoms with Crippen LogP contribution in [-0.4, -0.2) is 65.5 Å². The van der Waals surface area contributed by atoms with Gasteiger partial charge in [0.1, 0.15) is 17.8 Å². The van der Waals surface area contributed by atoms with Crippen molar-refractivity contribution in [2.45, 2.75) is 38.6 Å². The number of piperazine rings is 1. The zero-order valence-corrected chi connectivity index (χ0v) is 15.8. The maximum Gasteiger partial charge on any atom is 0.410 e. The first-order chi connectivity index (χ1) is 12.8. The minimum absolute atomic E-state index is 0.0208. The molecule has 0 spiro atoms. The molecule has 0 bridgehead atoms. The lowest BCUT2D eigenvalue weighted by atomic mass is 10.1. The van der Waals surface area contributed by atoms with Crippen LogP contribution in [0.1, 0.15) is 20.8 Å². The highest BCUT2D eigenvalue weighted by Gasteiger charge is 2.49. The van der Waals surface area contributed by atoms with E-state index in [-0.39, 0.29) is 30.3 Å². The third-order valence-corrected chi connectivity index (χ3v) is 3.93. The maximum absolute atomic E-state index is 13.6. The summed E-state index contributed by atoms with van der Waals surface area (Å²) in [4.78, 5) is 28.2. The van der Waals surface area contributed by atoms with Gasteiger partial charge in [0, 0.05) is 19.6 Å². The molecule has 0 aromatic carbocycles. The molecule has 0 aliphatic carbocycles. The molecule has 0 saturated carbocycles. The molecule has 1 aliphatic heterocycles. The van der Waals surface area contributed by atoms with E-state index in [1.54, 1.807) is 20.8 Å². The van der Waals surface area contributed by atoms with Crippen LogP contribution in [0.5, 0.6) is 5.75 Å². The molecule has 2 heterocycles. The molecular formula is C16H21F3N4O5. The normalized spacial score (nSPS) is 18.0. The SMILES string of the molecule is COc1cc([N+](=O)[O-])cnc1N1CCN(C(=O)OC(C)(C)C)C(C(F)(F)F)C1. The second kappa shape index (κ2) is 7.68. The number of nitrogens with zero attached hydrogens (tertiary/aromatic N) is 4. The van der Waals surface area contributed by atoms with Gasteiger partial charge >= 0.3 is 12.3 Å². The van der Waals surface area contributed by atoms with Crippen molar-refractivity contribution < 1.29 is 32.4 Å². The highest BCUT2D eigenvalue weighted by Crippen LogP contribution is 2.34. The Morgan fingerprint density at radius 2 is 1.96 bits per heavy atom. The molecule has 1 aliphatic rings. The Morgan fingerprint density at radius 1 is 1.32 bits per heavy atom. The van der Waals surface area contributed by atoms with Gasteiger partial charge in [0.2, 0.25) is 0 Å². The third kappa shape index (κ3) is 4.93. The number of aromatic nitrogens is 1. The third-order valence-electron chi connectivity index (χ3n) is 3.93. The Bertz CT molecular complexity index is 751. The molecule has 0 radical (unpaired) electrons. The zero-order valence-electron chi connectivity index (χ0n) is 15.8. The van der Waals surface area contributed by atoms with Gasteiger partial charge in [-0.25, -0.2) is 9.78 Å². The van der Waals surface area contributed by atoms with Gasteiger partial charge in [-0.1, -0.05) is 0 Å². The van der Waals surface area contributed by atoms with E-state index in [0.717, 1.165) is 12.3 Å². The molecule has 1 amide bonds. The number of methoxy groups -OCH3 is 1. The lowest BCUT2D eigenvalue weighted by molar-refractivity contribution is -0.385. The quantitative estimate of drug-likeness (QED) is 0.562. The number of nitro groups is 1. The molecule has 1 saturated heterocycles. The fourth-order valence-corrected chi connectivity index (χ4v) is 2.71. The van der Waals surface area contributed by atoms with Crippen molar-refractivity contribution in [3.63, 3.8) is 0 Å². The number of pyridine rings is 1. The van der Waals surface area contributed by atoms with Crippen LogP contribution in [0.15, 0.2) is 12.3 Å². The second-order valence-corrected chi connectivity index (χ2v) is 7.15. The van der Waals surface area contributed by atoms with Gasteiger partial charge in [0.15, 0.2) is 11.6 Å². The summed E-state index contributed by atoms with van der Waals surface area (Å²) in [5, 5.41) is 10.9. The van der Waals surface area contributed by atoms with E-state index in [4.69, 9.17) is 9.47 Å². The van der Waals surface area contributed by atoms with Crippen LogP contribution < -0.4 is 9.64 Å². The van der Waals surface area contributed by atoms with Crippen LogP contribution in [0.3, 0.4) is 0 Å². The number of amides is 1. The van der Waals surface area contributed by atoms with Crippen LogP contribution >= 0.6 is 0 Å². The number of carbonyl (C=O) groups is 1. The Morgan fingerprint density at radius 3 is 2.46 bits per heavy atom. The Kier molecular flexibility index (Phi) is 5.90. The Labute approximate surface area is 159 Å². The number of rotatable bonds is 3. The summed E-state index contributed by atoms with van der Waals surface area (Å²) in [6.45, 7) is 3.85. The van der Waals surface area contributed by atoms with Crippen LogP contribution in [0, 0.1) is 10.1 Å². The minimum Gasteiger partial charge on any atom is -0.493 e. The van der Waals surface area contributed by atoms with Crippen molar-refractivity contribution >= 4 is 17.6 Å². The second-order valence-electron chi connectivity index (χ2n) is 7.15. The predicted molar refractivity (Wildman–Crippen MR) is 92.4 cm³/mol. The molecule has 1 fully saturated rings. The lowest BCUT2D eigenvalue weighted by Gasteiger charge is -2.42. The summed E-state index contributed by atoms with van der Waals surface area (Å²) in [5.74, 6) is 0.00651. The predicted octanol–water partition coefficient (Wildman–Crippen LogP) is 2.99. The minimum atomic E-state index is -4.70. The summed E-state index contributed by atoms with van der Waals surface area (Å²) in [5.41, 5.74) is -1.28. The van der Waals surface area contributed by atoms with Crippen molar-refractivity contribution in [2.75, 3.05) is 31.6 Å². The topological polar surface area (TPSA) is 98.0 Å². The van der Waals surface area contributed by atoms with E-state index in [2.05, 4.69) is 4.98 Å². The van der Waals surface area contributed by atoms with Gasteiger partial charge in [-0.2, -0.15) is 13.2 Å². The van der Waals surface area contributed by atoms with Crippen LogP contribution in [-0.2, 0) is 4.74 Å². The van der Waals surface area contributed by atoms with E-state index >= 15 is 0 Å². The number of anilines is 1. The van der Waals surface area contributed by atoms with Crippen LogP contribution in [0.2, 0.25) is 0 Å². The molecule has 1 aromatic heterocycles. The average Bonchev–Trinajstić information content (AvgIpc) is 2.58. The lowest BCUT2D eigenvalue weighted by Crippen LogP contribution is -2.61. The van der Waals surface area contributed by atoms with E-state index in [0.29, 0.717) is 4.90 Å². The van der Waals surface area contributed by atoms with Crippen molar-refractivity contribution in [3.05, 3.63) is 22.4 Å². The standard InChI is InChI=1S/C16H21F3N4O5/c1-15(2,3)28-14(24)22-6-5-21(9-12(22)16(17,18)19)13-11(27-4)7-10(8-20-13)23(25)26/h7-8,12H,5-6,9H2,1-4H3. The molecule has 0 N–H and O–H groups in total. The molecule has 28 heavy (non-hydrogen) atoms. The van der Waals surface area contributed by atoms with Gasteiger partial charge in [-0.15, -0.1) is 0 Å². The van der Waals surface area contributed by atoms with Gasteiger partial charge < -0.3 is 14.4 Å². The average molecular weight is 406 g/mol. The highest BCUT2D eigenvalue weighted by molar-refractivity contribution is 5.69. The number of halogens is 3. The number of carbonyl (C=O) groups excluding carboxylic acids is 1. The van der Waals surface area contributed by atoms with Crippen LogP contribution in [0.25, 0.3) is 0 Å². The Balaban J connectivity index is 2.30. The molecule has 9 nitrogen and oxygen atoms in total. The highest BCUT2D eigenvalue weighted by atomic mass is 19.4. The first-order valence-electron chi connectivity index (χ1n) is 8.33. The molecule has 1 aromatic rings. The zero-order chi connectivity index (χ0) is 21.3. The van der Waals surface area contributed by atoms with Crippen LogP contribution in [0.4, 0.5) is 29.5 Å². The van der Waals surface area contributed by atoms with Crippen molar-refractivity contribution in [1.82, 2.24) is 9.88 Å². The molecular weight excluding hydrogens is 385 g/mol. The van der Waals surface area contributed by atoms with Gasteiger partial charge in [0.25, 0.3) is 5.69 Å². The first kappa shape index (κ1) is 21.5. The fraction of sp³-hybridized carbons (Fsp3) is 0.625. The first-order valence-corrected chi connectivity index (χ1v) is 8.33. The number of ether oxygens (including phenoxy) is 2. The van der Waals surface area contributed by atoms with E-state index < -0.39 is 35.4 Å². The van der Waals surface area contributed by atoms with E-state index in [1.807, 2.05) is 0 Å². The molecule has 2 rings (SSSR count). The fourth-order valence-electron chi connectivity index (χ4n) is 2.71. The number of hydrogen-bond acceptors (Lipinski definition) is 7. The van der Waals surface area contributed by atoms with E-state index in [1.165, 1.54) is 12.0 Å². The Hall–Kier alpha value is -2.79. The van der Waals surface area contributed by atoms with Crippen molar-refractivity contribution in [2.24, 2.45) is 0 Å². The number of alkyl halides is 3. The molecule has 156 valence electrons. The largest absolute Gasteiger partial charge is 0.493 e. The van der Waals surface area contributed by atoms with Gasteiger partial charge in [0.05, 0.1) is 18.1 Å². The van der Waals surface area contributed by atoms with Crippen molar-refractivity contribution in [1.29, 1.82) is 0 Å². The number of hydrogen-bond donors (Lipinski definition) is 0. The summed E-state index contributed by atoms with van der Waals surface area (Å²) in [6, 6.07) is -1.04. The smallest absolute Gasteiger partial charge is 0.410 e. The summed E-state index contributed by atoms with van der Waals surface area (Å²) in [6.07, 6.45) is -4.82. The van der Waals surface area contributed by atoms with E-state index in [9.17, 15) is 28.1 Å². The molecule has 12 heteroatoms.